The Morgan fingerprint density at radius 2 is 2.18 bits per heavy atom. The number of hydrogen-bond acceptors (Lipinski definition) is 4. The Balaban J connectivity index is 2.17. The predicted octanol–water partition coefficient (Wildman–Crippen LogP) is 3.26. The van der Waals surface area contributed by atoms with Crippen LogP contribution in [0.4, 0.5) is 5.95 Å². The van der Waals surface area contributed by atoms with Crippen molar-refractivity contribution in [2.24, 2.45) is 5.92 Å². The van der Waals surface area contributed by atoms with Crippen LogP contribution in [-0.2, 0) is 0 Å². The van der Waals surface area contributed by atoms with Gasteiger partial charge in [-0.15, -0.1) is 0 Å². The molecule has 0 spiro atoms. The van der Waals surface area contributed by atoms with Gasteiger partial charge in [0, 0.05) is 24.8 Å². The number of carbonyl (C=O) groups excluding carboxylic acids is 1. The third-order valence-corrected chi connectivity index (χ3v) is 4.10. The Morgan fingerprint density at radius 3 is 2.86 bits per heavy atom. The summed E-state index contributed by atoms with van der Waals surface area (Å²) in [5.41, 5.74) is 1.34. The van der Waals surface area contributed by atoms with Gasteiger partial charge in [-0.25, -0.2) is 9.97 Å². The molecule has 1 aromatic heterocycles. The number of aryl methyl sites for hydroxylation is 1. The molecule has 1 aliphatic rings. The minimum Gasteiger partial charge on any atom is -0.354 e. The van der Waals surface area contributed by atoms with Gasteiger partial charge in [0.15, 0.2) is 0 Å². The van der Waals surface area contributed by atoms with Gasteiger partial charge in [0.25, 0.3) is 5.91 Å². The summed E-state index contributed by atoms with van der Waals surface area (Å²) in [5, 5.41) is 3.22. The molecular formula is C17H28N4O. The van der Waals surface area contributed by atoms with Gasteiger partial charge in [0.1, 0.15) is 5.69 Å². The SMILES string of the molecule is CCC1CCCCN1C(=O)c1cc(C)nc(NCC(C)C)n1. The van der Waals surface area contributed by atoms with E-state index < -0.39 is 0 Å². The average Bonchev–Trinajstić information content (AvgIpc) is 2.51. The van der Waals surface area contributed by atoms with E-state index >= 15 is 0 Å². The van der Waals surface area contributed by atoms with Crippen molar-refractivity contribution >= 4 is 11.9 Å². The number of hydrogen-bond donors (Lipinski definition) is 1. The molecule has 1 fully saturated rings. The van der Waals surface area contributed by atoms with Crippen molar-refractivity contribution in [1.29, 1.82) is 0 Å². The quantitative estimate of drug-likeness (QED) is 0.907. The van der Waals surface area contributed by atoms with Crippen molar-refractivity contribution in [2.45, 2.75) is 59.4 Å². The molecular weight excluding hydrogens is 276 g/mol. The lowest BCUT2D eigenvalue weighted by Gasteiger charge is -2.35. The molecule has 122 valence electrons. The minimum atomic E-state index is 0.0460. The van der Waals surface area contributed by atoms with Crippen LogP contribution in [0.1, 0.15) is 62.6 Å². The van der Waals surface area contributed by atoms with Crippen LogP contribution >= 0.6 is 0 Å². The number of anilines is 1. The number of rotatable bonds is 5. The van der Waals surface area contributed by atoms with Gasteiger partial charge in [-0.2, -0.15) is 0 Å². The molecule has 1 aliphatic heterocycles. The Labute approximate surface area is 133 Å². The third kappa shape index (κ3) is 4.18. The van der Waals surface area contributed by atoms with Crippen LogP contribution < -0.4 is 5.32 Å². The van der Waals surface area contributed by atoms with Crippen molar-refractivity contribution < 1.29 is 4.79 Å². The topological polar surface area (TPSA) is 58.1 Å². The summed E-state index contributed by atoms with van der Waals surface area (Å²) in [6.07, 6.45) is 4.41. The van der Waals surface area contributed by atoms with Crippen LogP contribution in [0.25, 0.3) is 0 Å². The van der Waals surface area contributed by atoms with E-state index in [0.29, 0.717) is 23.6 Å². The summed E-state index contributed by atoms with van der Waals surface area (Å²) in [6.45, 7) is 9.97. The fourth-order valence-electron chi connectivity index (χ4n) is 2.89. The van der Waals surface area contributed by atoms with E-state index in [1.54, 1.807) is 6.07 Å². The van der Waals surface area contributed by atoms with Gasteiger partial charge in [-0.3, -0.25) is 4.79 Å². The van der Waals surface area contributed by atoms with Crippen LogP contribution in [-0.4, -0.2) is 39.9 Å². The molecule has 2 heterocycles. The largest absolute Gasteiger partial charge is 0.354 e. The minimum absolute atomic E-state index is 0.0460. The Kier molecular flexibility index (Phi) is 5.75. The third-order valence-electron chi connectivity index (χ3n) is 4.10. The summed E-state index contributed by atoms with van der Waals surface area (Å²) < 4.78 is 0. The molecule has 1 amide bonds. The average molecular weight is 304 g/mol. The Hall–Kier alpha value is -1.65. The van der Waals surface area contributed by atoms with Gasteiger partial charge in [0.05, 0.1) is 0 Å². The maximum absolute atomic E-state index is 12.8. The van der Waals surface area contributed by atoms with Gasteiger partial charge in [-0.05, 0) is 44.6 Å². The summed E-state index contributed by atoms with van der Waals surface area (Å²) >= 11 is 0. The first-order valence-electron chi connectivity index (χ1n) is 8.41. The van der Waals surface area contributed by atoms with Crippen molar-refractivity contribution in [2.75, 3.05) is 18.4 Å². The van der Waals surface area contributed by atoms with Crippen LogP contribution in [0, 0.1) is 12.8 Å². The molecule has 1 aromatic rings. The zero-order chi connectivity index (χ0) is 16.1. The summed E-state index contributed by atoms with van der Waals surface area (Å²) in [6, 6.07) is 2.15. The molecule has 1 unspecified atom stereocenters. The Morgan fingerprint density at radius 1 is 1.41 bits per heavy atom. The van der Waals surface area contributed by atoms with E-state index in [4.69, 9.17) is 0 Å². The molecule has 0 aliphatic carbocycles. The van der Waals surface area contributed by atoms with Crippen molar-refractivity contribution in [3.63, 3.8) is 0 Å². The maximum atomic E-state index is 12.8. The molecule has 1 atom stereocenters. The smallest absolute Gasteiger partial charge is 0.272 e. The first kappa shape index (κ1) is 16.7. The molecule has 0 saturated carbocycles. The molecule has 22 heavy (non-hydrogen) atoms. The van der Waals surface area contributed by atoms with Crippen molar-refractivity contribution in [1.82, 2.24) is 14.9 Å². The second kappa shape index (κ2) is 7.56. The van der Waals surface area contributed by atoms with Gasteiger partial charge >= 0.3 is 0 Å². The summed E-state index contributed by atoms with van der Waals surface area (Å²) in [5.74, 6) is 1.11. The molecule has 0 bridgehead atoms. The van der Waals surface area contributed by atoms with Crippen molar-refractivity contribution in [3.05, 3.63) is 17.5 Å². The predicted molar refractivity (Wildman–Crippen MR) is 89.1 cm³/mol. The zero-order valence-electron chi connectivity index (χ0n) is 14.2. The van der Waals surface area contributed by atoms with Gasteiger partial charge < -0.3 is 10.2 Å². The number of amides is 1. The van der Waals surface area contributed by atoms with E-state index in [9.17, 15) is 4.79 Å². The molecule has 5 nitrogen and oxygen atoms in total. The lowest BCUT2D eigenvalue weighted by atomic mass is 9.99. The zero-order valence-corrected chi connectivity index (χ0v) is 14.2. The summed E-state index contributed by atoms with van der Waals surface area (Å²) in [7, 11) is 0. The van der Waals surface area contributed by atoms with E-state index in [0.717, 1.165) is 38.0 Å². The van der Waals surface area contributed by atoms with Gasteiger partial charge in [-0.1, -0.05) is 20.8 Å². The Bertz CT molecular complexity index is 515. The first-order chi connectivity index (χ1) is 10.5. The lowest BCUT2D eigenvalue weighted by molar-refractivity contribution is 0.0602. The van der Waals surface area contributed by atoms with Gasteiger partial charge in [0.2, 0.25) is 5.95 Å². The van der Waals surface area contributed by atoms with Crippen LogP contribution in [0.2, 0.25) is 0 Å². The van der Waals surface area contributed by atoms with E-state index in [-0.39, 0.29) is 5.91 Å². The van der Waals surface area contributed by atoms with Crippen LogP contribution in [0.5, 0.6) is 0 Å². The molecule has 5 heteroatoms. The van der Waals surface area contributed by atoms with Crippen LogP contribution in [0.3, 0.4) is 0 Å². The molecule has 0 radical (unpaired) electrons. The highest BCUT2D eigenvalue weighted by Gasteiger charge is 2.27. The van der Waals surface area contributed by atoms with Crippen molar-refractivity contribution in [3.8, 4) is 0 Å². The lowest BCUT2D eigenvalue weighted by Crippen LogP contribution is -2.43. The number of nitrogens with one attached hydrogen (secondary N) is 1. The van der Waals surface area contributed by atoms with Crippen LogP contribution in [0.15, 0.2) is 6.07 Å². The number of carbonyl (C=O) groups is 1. The first-order valence-corrected chi connectivity index (χ1v) is 8.41. The number of piperidine rings is 1. The molecule has 1 saturated heterocycles. The normalized spacial score (nSPS) is 18.6. The van der Waals surface area contributed by atoms with E-state index in [2.05, 4.69) is 36.1 Å². The second-order valence-corrected chi connectivity index (χ2v) is 6.55. The van der Waals surface area contributed by atoms with E-state index in [1.807, 2.05) is 11.8 Å². The second-order valence-electron chi connectivity index (χ2n) is 6.55. The molecule has 0 aromatic carbocycles. The highest BCUT2D eigenvalue weighted by Crippen LogP contribution is 2.21. The number of nitrogens with zero attached hydrogens (tertiary/aromatic N) is 3. The van der Waals surface area contributed by atoms with E-state index in [1.165, 1.54) is 6.42 Å². The summed E-state index contributed by atoms with van der Waals surface area (Å²) in [4.78, 5) is 23.6. The highest BCUT2D eigenvalue weighted by atomic mass is 16.2. The number of likely N-dealkylation sites (tertiary alicyclic amines) is 1. The molecule has 2 rings (SSSR count). The fourth-order valence-corrected chi connectivity index (χ4v) is 2.89. The standard InChI is InChI=1S/C17H28N4O/c1-5-14-8-6-7-9-21(14)16(22)15-10-13(4)19-17(20-15)18-11-12(2)3/h10,12,14H,5-9,11H2,1-4H3,(H,18,19,20). The number of aromatic nitrogens is 2. The molecule has 1 N–H and O–H groups in total. The monoisotopic (exact) mass is 304 g/mol. The maximum Gasteiger partial charge on any atom is 0.272 e. The fraction of sp³-hybridized carbons (Fsp3) is 0.706. The highest BCUT2D eigenvalue weighted by molar-refractivity contribution is 5.93.